The maximum atomic E-state index is 13.5. The van der Waals surface area contributed by atoms with Gasteiger partial charge >= 0.3 is 0 Å². The van der Waals surface area contributed by atoms with Crippen molar-refractivity contribution >= 4 is 41.5 Å². The summed E-state index contributed by atoms with van der Waals surface area (Å²) < 4.78 is 13.5. The molecule has 17 heavy (non-hydrogen) atoms. The van der Waals surface area contributed by atoms with Crippen LogP contribution in [0.4, 0.5) is 4.39 Å². The second-order valence-electron chi connectivity index (χ2n) is 3.39. The molecule has 2 N–H and O–H groups in total. The second-order valence-corrected chi connectivity index (χ2v) is 3.80. The predicted octanol–water partition coefficient (Wildman–Crippen LogP) is 2.86. The summed E-state index contributed by atoms with van der Waals surface area (Å²) in [5.74, 6) is 0.0467. The second kappa shape index (κ2) is 7.71. The van der Waals surface area contributed by atoms with Gasteiger partial charge in [-0.15, -0.1) is 24.0 Å². The zero-order valence-corrected chi connectivity index (χ0v) is 12.9. The van der Waals surface area contributed by atoms with Gasteiger partial charge in [0.25, 0.3) is 0 Å². The van der Waals surface area contributed by atoms with E-state index in [-0.39, 0.29) is 29.8 Å². The molecule has 3 nitrogen and oxygen atoms in total. The summed E-state index contributed by atoms with van der Waals surface area (Å²) in [6, 6.07) is 4.60. The van der Waals surface area contributed by atoms with Crippen LogP contribution in [0.5, 0.6) is 0 Å². The lowest BCUT2D eigenvalue weighted by molar-refractivity contribution is 0.473. The van der Waals surface area contributed by atoms with E-state index in [1.54, 1.807) is 24.1 Å². The molecule has 0 bridgehead atoms. The van der Waals surface area contributed by atoms with Gasteiger partial charge in [-0.2, -0.15) is 0 Å². The highest BCUT2D eigenvalue weighted by atomic mass is 127. The van der Waals surface area contributed by atoms with Crippen molar-refractivity contribution in [2.24, 2.45) is 10.7 Å². The maximum absolute atomic E-state index is 13.5. The van der Waals surface area contributed by atoms with Gasteiger partial charge in [-0.3, -0.25) is 4.99 Å². The average molecular weight is 372 g/mol. The lowest BCUT2D eigenvalue weighted by Crippen LogP contribution is -2.33. The molecule has 0 fully saturated rings. The first kappa shape index (κ1) is 16.4. The quantitative estimate of drug-likeness (QED) is 0.504. The van der Waals surface area contributed by atoms with Crippen LogP contribution in [-0.2, 0) is 6.54 Å². The monoisotopic (exact) mass is 371 g/mol. The molecule has 0 amide bonds. The van der Waals surface area contributed by atoms with Crippen molar-refractivity contribution in [1.82, 2.24) is 4.90 Å². The van der Waals surface area contributed by atoms with Crippen LogP contribution in [0.15, 0.2) is 23.2 Å². The molecule has 0 heterocycles. The van der Waals surface area contributed by atoms with Crippen molar-refractivity contribution in [3.8, 4) is 0 Å². The SMILES string of the molecule is CCN=C(N)N(C)Cc1c(F)cccc1Cl.I. The largest absolute Gasteiger partial charge is 0.370 e. The van der Waals surface area contributed by atoms with Crippen LogP contribution in [0.25, 0.3) is 0 Å². The number of aliphatic imine (C=N–C) groups is 1. The predicted molar refractivity (Wildman–Crippen MR) is 80.5 cm³/mol. The molecule has 0 spiro atoms. The zero-order chi connectivity index (χ0) is 12.1. The van der Waals surface area contributed by atoms with Crippen LogP contribution in [0.1, 0.15) is 12.5 Å². The lowest BCUT2D eigenvalue weighted by Gasteiger charge is -2.19. The minimum Gasteiger partial charge on any atom is -0.370 e. The third-order valence-corrected chi connectivity index (χ3v) is 2.52. The van der Waals surface area contributed by atoms with Crippen molar-refractivity contribution in [2.75, 3.05) is 13.6 Å². The standard InChI is InChI=1S/C11H15ClFN3.HI/c1-3-15-11(14)16(2)7-8-9(12)5-4-6-10(8)13;/h4-6H,3,7H2,1-2H3,(H2,14,15);1H. The van der Waals surface area contributed by atoms with Gasteiger partial charge in [0.1, 0.15) is 5.82 Å². The molecule has 0 atom stereocenters. The average Bonchev–Trinajstić information content (AvgIpc) is 2.23. The van der Waals surface area contributed by atoms with Crippen LogP contribution in [0, 0.1) is 5.82 Å². The van der Waals surface area contributed by atoms with Crippen molar-refractivity contribution in [2.45, 2.75) is 13.5 Å². The molecule has 1 aromatic rings. The Bertz CT molecular complexity index is 378. The van der Waals surface area contributed by atoms with E-state index < -0.39 is 0 Å². The van der Waals surface area contributed by atoms with E-state index in [0.29, 0.717) is 29.6 Å². The molecule has 0 unspecified atom stereocenters. The number of nitrogens with two attached hydrogens (primary N) is 1. The van der Waals surface area contributed by atoms with E-state index in [1.807, 2.05) is 6.92 Å². The van der Waals surface area contributed by atoms with Crippen molar-refractivity contribution in [1.29, 1.82) is 0 Å². The van der Waals surface area contributed by atoms with Crippen LogP contribution >= 0.6 is 35.6 Å². The highest BCUT2D eigenvalue weighted by Gasteiger charge is 2.10. The molecule has 0 saturated carbocycles. The Labute approximate surface area is 123 Å². The van der Waals surface area contributed by atoms with Crippen LogP contribution in [0.2, 0.25) is 5.02 Å². The Kier molecular flexibility index (Phi) is 7.45. The first-order chi connectivity index (χ1) is 7.56. The van der Waals surface area contributed by atoms with E-state index in [1.165, 1.54) is 6.07 Å². The molecule has 1 aromatic carbocycles. The lowest BCUT2D eigenvalue weighted by atomic mass is 10.2. The normalized spacial score (nSPS) is 10.9. The van der Waals surface area contributed by atoms with Gasteiger partial charge in [0, 0.05) is 30.7 Å². The van der Waals surface area contributed by atoms with Crippen molar-refractivity contribution in [3.63, 3.8) is 0 Å². The molecule has 6 heteroatoms. The van der Waals surface area contributed by atoms with E-state index in [2.05, 4.69) is 4.99 Å². The van der Waals surface area contributed by atoms with Gasteiger partial charge in [-0.05, 0) is 19.1 Å². The minimum atomic E-state index is -0.330. The molecule has 0 aliphatic carbocycles. The Balaban J connectivity index is 0.00000256. The Morgan fingerprint density at radius 1 is 1.53 bits per heavy atom. The van der Waals surface area contributed by atoms with Crippen molar-refractivity contribution in [3.05, 3.63) is 34.6 Å². The van der Waals surface area contributed by atoms with Crippen LogP contribution in [-0.4, -0.2) is 24.5 Å². The molecule has 0 aliphatic rings. The molecule has 96 valence electrons. The highest BCUT2D eigenvalue weighted by Crippen LogP contribution is 2.20. The van der Waals surface area contributed by atoms with Crippen LogP contribution in [0.3, 0.4) is 0 Å². The third-order valence-electron chi connectivity index (χ3n) is 2.17. The number of guanidine groups is 1. The maximum Gasteiger partial charge on any atom is 0.191 e. The highest BCUT2D eigenvalue weighted by molar-refractivity contribution is 14.0. The van der Waals surface area contributed by atoms with Crippen LogP contribution < -0.4 is 5.73 Å². The summed E-state index contributed by atoms with van der Waals surface area (Å²) in [5.41, 5.74) is 6.12. The summed E-state index contributed by atoms with van der Waals surface area (Å²) >= 11 is 5.91. The fourth-order valence-corrected chi connectivity index (χ4v) is 1.51. The Morgan fingerprint density at radius 3 is 2.71 bits per heavy atom. The summed E-state index contributed by atoms with van der Waals surface area (Å²) in [4.78, 5) is 5.70. The zero-order valence-electron chi connectivity index (χ0n) is 9.78. The summed E-state index contributed by atoms with van der Waals surface area (Å²) in [6.07, 6.45) is 0. The number of hydrogen-bond acceptors (Lipinski definition) is 1. The van der Waals surface area contributed by atoms with E-state index in [4.69, 9.17) is 17.3 Å². The minimum absolute atomic E-state index is 0. The van der Waals surface area contributed by atoms with Gasteiger partial charge < -0.3 is 10.6 Å². The summed E-state index contributed by atoms with van der Waals surface area (Å²) in [5, 5.41) is 0.399. The van der Waals surface area contributed by atoms with Crippen molar-refractivity contribution < 1.29 is 4.39 Å². The summed E-state index contributed by atoms with van der Waals surface area (Å²) in [7, 11) is 1.75. The molecule has 0 saturated heterocycles. The van der Waals surface area contributed by atoms with Gasteiger partial charge in [0.2, 0.25) is 0 Å². The number of benzene rings is 1. The fourth-order valence-electron chi connectivity index (χ4n) is 1.28. The number of hydrogen-bond donors (Lipinski definition) is 1. The number of nitrogens with zero attached hydrogens (tertiary/aromatic N) is 2. The fraction of sp³-hybridized carbons (Fsp3) is 0.364. The first-order valence-corrected chi connectivity index (χ1v) is 5.38. The number of halogens is 3. The van der Waals surface area contributed by atoms with E-state index in [9.17, 15) is 4.39 Å². The van der Waals surface area contributed by atoms with Gasteiger partial charge in [-0.1, -0.05) is 17.7 Å². The van der Waals surface area contributed by atoms with Gasteiger partial charge in [0.15, 0.2) is 5.96 Å². The molecular weight excluding hydrogens is 355 g/mol. The topological polar surface area (TPSA) is 41.6 Å². The molecule has 0 aromatic heterocycles. The third kappa shape index (κ3) is 4.67. The first-order valence-electron chi connectivity index (χ1n) is 5.00. The molecule has 1 rings (SSSR count). The van der Waals surface area contributed by atoms with E-state index in [0.717, 1.165) is 0 Å². The molecule has 0 aliphatic heterocycles. The molecular formula is C11H16ClFIN3. The van der Waals surface area contributed by atoms with Gasteiger partial charge in [-0.25, -0.2) is 4.39 Å². The van der Waals surface area contributed by atoms with E-state index >= 15 is 0 Å². The van der Waals surface area contributed by atoms with Gasteiger partial charge in [0.05, 0.1) is 0 Å². The smallest absolute Gasteiger partial charge is 0.191 e. The Hall–Kier alpha value is -0.560. The molecule has 0 radical (unpaired) electrons. The summed E-state index contributed by atoms with van der Waals surface area (Å²) in [6.45, 7) is 2.79. The number of rotatable bonds is 3. The Morgan fingerprint density at radius 2 is 2.18 bits per heavy atom.